The second-order valence-corrected chi connectivity index (χ2v) is 7.07. The first-order valence-electron chi connectivity index (χ1n) is 5.37. The van der Waals surface area contributed by atoms with Gasteiger partial charge in [0, 0.05) is 11.2 Å². The predicted molar refractivity (Wildman–Crippen MR) is 72.3 cm³/mol. The van der Waals surface area contributed by atoms with Gasteiger partial charge in [-0.15, -0.1) is 11.8 Å². The normalized spacial score (nSPS) is 11.6. The van der Waals surface area contributed by atoms with Crippen molar-refractivity contribution in [2.75, 3.05) is 5.75 Å². The Bertz CT molecular complexity index is 412. The van der Waals surface area contributed by atoms with E-state index in [1.54, 1.807) is 17.8 Å². The Morgan fingerprint density at radius 3 is 2.59 bits per heavy atom. The average Bonchev–Trinajstić information content (AvgIpc) is 2.20. The number of Topliss-reactive ketones (excluding diaryl/α,β-unsaturated/α-hetero) is 1. The van der Waals surface area contributed by atoms with E-state index in [1.165, 1.54) is 12.1 Å². The highest BCUT2D eigenvalue weighted by atomic mass is 35.5. The summed E-state index contributed by atoms with van der Waals surface area (Å²) in [6.45, 7) is 6.21. The van der Waals surface area contributed by atoms with Gasteiger partial charge >= 0.3 is 0 Å². The first-order valence-corrected chi connectivity index (χ1v) is 6.74. The van der Waals surface area contributed by atoms with E-state index in [0.717, 1.165) is 5.56 Å². The van der Waals surface area contributed by atoms with E-state index in [4.69, 9.17) is 11.6 Å². The molecule has 0 fully saturated rings. The SMILES string of the molecule is CC(C)(C)SCC(=O)Cc1ccc(F)c(Cl)c1. The fraction of sp³-hybridized carbons (Fsp3) is 0.462. The molecule has 1 aromatic carbocycles. The van der Waals surface area contributed by atoms with E-state index in [0.29, 0.717) is 12.2 Å². The molecule has 0 radical (unpaired) electrons. The first-order chi connectivity index (χ1) is 7.78. The van der Waals surface area contributed by atoms with Gasteiger partial charge in [0.2, 0.25) is 0 Å². The van der Waals surface area contributed by atoms with Crippen molar-refractivity contribution in [1.82, 2.24) is 0 Å². The quantitative estimate of drug-likeness (QED) is 0.821. The zero-order valence-electron chi connectivity index (χ0n) is 10.2. The summed E-state index contributed by atoms with van der Waals surface area (Å²) in [7, 11) is 0. The lowest BCUT2D eigenvalue weighted by Gasteiger charge is -2.16. The van der Waals surface area contributed by atoms with Gasteiger partial charge in [-0.05, 0) is 17.7 Å². The van der Waals surface area contributed by atoms with Gasteiger partial charge in [-0.3, -0.25) is 4.79 Å². The van der Waals surface area contributed by atoms with E-state index in [2.05, 4.69) is 20.8 Å². The second kappa shape index (κ2) is 5.87. The van der Waals surface area contributed by atoms with Crippen LogP contribution in [-0.4, -0.2) is 16.3 Å². The van der Waals surface area contributed by atoms with Gasteiger partial charge < -0.3 is 0 Å². The van der Waals surface area contributed by atoms with Crippen LogP contribution in [0.15, 0.2) is 18.2 Å². The summed E-state index contributed by atoms with van der Waals surface area (Å²) >= 11 is 7.27. The molecule has 1 aromatic rings. The van der Waals surface area contributed by atoms with Gasteiger partial charge in [0.15, 0.2) is 0 Å². The second-order valence-electron chi connectivity index (χ2n) is 4.86. The van der Waals surface area contributed by atoms with E-state index < -0.39 is 5.82 Å². The third-order valence-corrected chi connectivity index (χ3v) is 3.67. The molecule has 0 saturated heterocycles. The Labute approximate surface area is 111 Å². The summed E-state index contributed by atoms with van der Waals surface area (Å²) in [6, 6.07) is 4.40. The molecule has 0 atom stereocenters. The Morgan fingerprint density at radius 2 is 2.06 bits per heavy atom. The van der Waals surface area contributed by atoms with Gasteiger partial charge in [-0.2, -0.15) is 0 Å². The van der Waals surface area contributed by atoms with Crippen LogP contribution in [0, 0.1) is 5.82 Å². The number of hydrogen-bond acceptors (Lipinski definition) is 2. The molecule has 0 aliphatic heterocycles. The summed E-state index contributed by atoms with van der Waals surface area (Å²) < 4.78 is 13.0. The van der Waals surface area contributed by atoms with Crippen LogP contribution in [0.5, 0.6) is 0 Å². The maximum atomic E-state index is 12.9. The molecule has 0 aliphatic rings. The van der Waals surface area contributed by atoms with Crippen LogP contribution in [0.3, 0.4) is 0 Å². The molecule has 0 bridgehead atoms. The summed E-state index contributed by atoms with van der Waals surface area (Å²) in [5.41, 5.74) is 0.760. The number of hydrogen-bond donors (Lipinski definition) is 0. The molecule has 94 valence electrons. The topological polar surface area (TPSA) is 17.1 Å². The summed E-state index contributed by atoms with van der Waals surface area (Å²) in [5.74, 6) is 0.151. The molecule has 1 rings (SSSR count). The van der Waals surface area contributed by atoms with Crippen LogP contribution < -0.4 is 0 Å². The molecule has 1 nitrogen and oxygen atoms in total. The Balaban J connectivity index is 2.54. The minimum absolute atomic E-state index is 0.0683. The number of halogens is 2. The van der Waals surface area contributed by atoms with Crippen LogP contribution in [0.4, 0.5) is 4.39 Å². The minimum Gasteiger partial charge on any atom is -0.298 e. The number of carbonyl (C=O) groups is 1. The van der Waals surface area contributed by atoms with Crippen molar-refractivity contribution < 1.29 is 9.18 Å². The highest BCUT2D eigenvalue weighted by molar-refractivity contribution is 8.01. The highest BCUT2D eigenvalue weighted by Gasteiger charge is 2.14. The molecule has 0 aliphatic carbocycles. The third-order valence-electron chi connectivity index (χ3n) is 2.05. The minimum atomic E-state index is -0.452. The molecule has 0 amide bonds. The van der Waals surface area contributed by atoms with Crippen molar-refractivity contribution in [2.24, 2.45) is 0 Å². The van der Waals surface area contributed by atoms with Gasteiger partial charge in [0.25, 0.3) is 0 Å². The zero-order chi connectivity index (χ0) is 13.1. The van der Waals surface area contributed by atoms with Crippen LogP contribution in [0.25, 0.3) is 0 Å². The number of carbonyl (C=O) groups excluding carboxylic acids is 1. The monoisotopic (exact) mass is 274 g/mol. The van der Waals surface area contributed by atoms with Gasteiger partial charge in [0.05, 0.1) is 10.8 Å². The maximum absolute atomic E-state index is 12.9. The molecule has 4 heteroatoms. The Morgan fingerprint density at radius 1 is 1.41 bits per heavy atom. The largest absolute Gasteiger partial charge is 0.298 e. The highest BCUT2D eigenvalue weighted by Crippen LogP contribution is 2.23. The van der Waals surface area contributed by atoms with E-state index >= 15 is 0 Å². The van der Waals surface area contributed by atoms with Gasteiger partial charge in [-0.1, -0.05) is 38.4 Å². The van der Waals surface area contributed by atoms with Crippen LogP contribution >= 0.6 is 23.4 Å². The summed E-state index contributed by atoms with van der Waals surface area (Å²) in [5, 5.41) is 0.0683. The summed E-state index contributed by atoms with van der Waals surface area (Å²) in [6.07, 6.45) is 0.309. The van der Waals surface area contributed by atoms with Crippen LogP contribution in [-0.2, 0) is 11.2 Å². The molecule has 17 heavy (non-hydrogen) atoms. The van der Waals surface area contributed by atoms with Crippen molar-refractivity contribution in [3.8, 4) is 0 Å². The Hall–Kier alpha value is -0.540. The number of benzene rings is 1. The molecule has 0 unspecified atom stereocenters. The fourth-order valence-electron chi connectivity index (χ4n) is 1.23. The smallest absolute Gasteiger partial charge is 0.147 e. The predicted octanol–water partition coefficient (Wildman–Crippen LogP) is 4.12. The molecular weight excluding hydrogens is 259 g/mol. The molecular formula is C13H16ClFOS. The lowest BCUT2D eigenvalue weighted by Crippen LogP contribution is -2.14. The number of ketones is 1. The number of rotatable bonds is 4. The molecule has 0 spiro atoms. The summed E-state index contributed by atoms with van der Waals surface area (Å²) in [4.78, 5) is 11.7. The maximum Gasteiger partial charge on any atom is 0.147 e. The van der Waals surface area contributed by atoms with E-state index in [9.17, 15) is 9.18 Å². The van der Waals surface area contributed by atoms with Crippen molar-refractivity contribution in [2.45, 2.75) is 31.9 Å². The standard InChI is InChI=1S/C13H16ClFOS/c1-13(2,3)17-8-10(16)6-9-4-5-12(15)11(14)7-9/h4-5,7H,6,8H2,1-3H3. The van der Waals surface area contributed by atoms with Crippen LogP contribution in [0.2, 0.25) is 5.02 Å². The lowest BCUT2D eigenvalue weighted by molar-refractivity contribution is -0.116. The van der Waals surface area contributed by atoms with Crippen molar-refractivity contribution in [3.63, 3.8) is 0 Å². The van der Waals surface area contributed by atoms with Crippen LogP contribution in [0.1, 0.15) is 26.3 Å². The first kappa shape index (κ1) is 14.5. The molecule has 0 saturated carbocycles. The van der Waals surface area contributed by atoms with Crippen molar-refractivity contribution >= 4 is 29.1 Å². The van der Waals surface area contributed by atoms with Gasteiger partial charge in [-0.25, -0.2) is 4.39 Å². The van der Waals surface area contributed by atoms with E-state index in [-0.39, 0.29) is 15.6 Å². The van der Waals surface area contributed by atoms with Gasteiger partial charge in [0.1, 0.15) is 11.6 Å². The van der Waals surface area contributed by atoms with Crippen molar-refractivity contribution in [1.29, 1.82) is 0 Å². The molecule has 0 aromatic heterocycles. The third kappa shape index (κ3) is 5.55. The van der Waals surface area contributed by atoms with Crippen molar-refractivity contribution in [3.05, 3.63) is 34.6 Å². The molecule has 0 heterocycles. The lowest BCUT2D eigenvalue weighted by atomic mass is 10.1. The zero-order valence-corrected chi connectivity index (χ0v) is 11.8. The fourth-order valence-corrected chi connectivity index (χ4v) is 2.12. The van der Waals surface area contributed by atoms with E-state index in [1.807, 2.05) is 0 Å². The number of thioether (sulfide) groups is 1. The Kier molecular flexibility index (Phi) is 5.02. The molecule has 0 N–H and O–H groups in total. The average molecular weight is 275 g/mol.